The summed E-state index contributed by atoms with van der Waals surface area (Å²) >= 11 is 0. The molecule has 5 atom stereocenters. The van der Waals surface area contributed by atoms with E-state index in [2.05, 4.69) is 0 Å². The van der Waals surface area contributed by atoms with Gasteiger partial charge >= 0.3 is 5.97 Å². The van der Waals surface area contributed by atoms with Crippen LogP contribution in [0.1, 0.15) is 39.0 Å². The van der Waals surface area contributed by atoms with Gasteiger partial charge in [-0.3, -0.25) is 4.79 Å². The van der Waals surface area contributed by atoms with Crippen molar-refractivity contribution in [3.8, 4) is 0 Å². The van der Waals surface area contributed by atoms with Gasteiger partial charge < -0.3 is 10.2 Å². The Bertz CT molecular complexity index is 391. The standard InChI is InChI=1S/C12H16F2O3/c1-7-11(8(15)16)3-9(13)2-10(17,5-11)6-12(7,14)4-9/h7,17H,2-6H2,1H3,(H,15,16). The molecule has 5 heteroatoms. The molecular formula is C12H16F2O3. The topological polar surface area (TPSA) is 57.5 Å². The highest BCUT2D eigenvalue weighted by atomic mass is 19.2. The molecule has 0 aromatic rings. The minimum absolute atomic E-state index is 0.0200. The van der Waals surface area contributed by atoms with Gasteiger partial charge in [-0.15, -0.1) is 0 Å². The van der Waals surface area contributed by atoms with Crippen LogP contribution in [0.4, 0.5) is 8.78 Å². The maximum atomic E-state index is 14.7. The van der Waals surface area contributed by atoms with Crippen molar-refractivity contribution in [3.63, 3.8) is 0 Å². The number of carbonyl (C=O) groups is 1. The Morgan fingerprint density at radius 3 is 2.35 bits per heavy atom. The normalized spacial score (nSPS) is 60.6. The van der Waals surface area contributed by atoms with Crippen LogP contribution in [0.15, 0.2) is 0 Å². The van der Waals surface area contributed by atoms with Crippen LogP contribution in [0.25, 0.3) is 0 Å². The first-order valence-corrected chi connectivity index (χ1v) is 5.97. The number of carboxylic acids is 1. The van der Waals surface area contributed by atoms with Crippen LogP contribution < -0.4 is 0 Å². The number of alkyl halides is 2. The van der Waals surface area contributed by atoms with Crippen molar-refractivity contribution in [1.82, 2.24) is 0 Å². The molecule has 0 spiro atoms. The Morgan fingerprint density at radius 1 is 1.18 bits per heavy atom. The maximum absolute atomic E-state index is 14.7. The SMILES string of the molecule is CC1C2(F)CC3(O)CC(F)(C2)CC1(C(=O)O)C3. The van der Waals surface area contributed by atoms with Gasteiger partial charge in [0.2, 0.25) is 0 Å². The highest BCUT2D eigenvalue weighted by Gasteiger charge is 2.75. The molecule has 0 heterocycles. The summed E-state index contributed by atoms with van der Waals surface area (Å²) in [6.45, 7) is 1.54. The van der Waals surface area contributed by atoms with Crippen LogP contribution >= 0.6 is 0 Å². The van der Waals surface area contributed by atoms with Crippen molar-refractivity contribution < 1.29 is 23.8 Å². The minimum atomic E-state index is -1.88. The van der Waals surface area contributed by atoms with Gasteiger partial charge in [0.15, 0.2) is 0 Å². The van der Waals surface area contributed by atoms with E-state index in [1.54, 1.807) is 6.92 Å². The second kappa shape index (κ2) is 2.66. The van der Waals surface area contributed by atoms with Crippen LogP contribution in [0, 0.1) is 11.3 Å². The van der Waals surface area contributed by atoms with Gasteiger partial charge in [0.05, 0.1) is 11.0 Å². The molecular weight excluding hydrogens is 230 g/mol. The minimum Gasteiger partial charge on any atom is -0.481 e. The van der Waals surface area contributed by atoms with E-state index in [9.17, 15) is 23.8 Å². The van der Waals surface area contributed by atoms with Crippen LogP contribution in [0.2, 0.25) is 0 Å². The summed E-state index contributed by atoms with van der Waals surface area (Å²) in [6.07, 6.45) is -0.688. The van der Waals surface area contributed by atoms with Gasteiger partial charge in [-0.25, -0.2) is 8.78 Å². The first-order valence-electron chi connectivity index (χ1n) is 5.97. The number of aliphatic carboxylic acids is 1. The van der Waals surface area contributed by atoms with E-state index in [-0.39, 0.29) is 32.1 Å². The fraction of sp³-hybridized carbons (Fsp3) is 0.917. The molecule has 0 aromatic carbocycles. The summed E-state index contributed by atoms with van der Waals surface area (Å²) in [4.78, 5) is 11.4. The average molecular weight is 246 g/mol. The van der Waals surface area contributed by atoms with Crippen molar-refractivity contribution in [2.24, 2.45) is 11.3 Å². The zero-order valence-electron chi connectivity index (χ0n) is 9.67. The largest absolute Gasteiger partial charge is 0.481 e. The van der Waals surface area contributed by atoms with Crippen LogP contribution in [-0.2, 0) is 4.79 Å². The summed E-state index contributed by atoms with van der Waals surface area (Å²) in [6, 6.07) is 0. The first-order chi connectivity index (χ1) is 7.63. The number of aliphatic hydroxyl groups is 1. The van der Waals surface area contributed by atoms with E-state index in [1.807, 2.05) is 0 Å². The van der Waals surface area contributed by atoms with Crippen LogP contribution in [-0.4, -0.2) is 33.1 Å². The van der Waals surface area contributed by atoms with Gasteiger partial charge in [0.1, 0.15) is 11.3 Å². The molecule has 4 rings (SSSR count). The van der Waals surface area contributed by atoms with E-state index < -0.39 is 34.2 Å². The lowest BCUT2D eigenvalue weighted by Crippen LogP contribution is -2.72. The zero-order valence-corrected chi connectivity index (χ0v) is 9.67. The number of rotatable bonds is 1. The lowest BCUT2D eigenvalue weighted by atomic mass is 9.42. The molecule has 4 aliphatic carbocycles. The van der Waals surface area contributed by atoms with Gasteiger partial charge in [0.25, 0.3) is 0 Å². The number of hydrogen-bond donors (Lipinski definition) is 2. The molecule has 4 fully saturated rings. The molecule has 0 aliphatic heterocycles. The fourth-order valence-electron chi connectivity index (χ4n) is 4.76. The molecule has 0 amide bonds. The Labute approximate surface area is 97.8 Å². The van der Waals surface area contributed by atoms with E-state index in [0.29, 0.717) is 0 Å². The number of hydrogen-bond acceptors (Lipinski definition) is 2. The molecule has 17 heavy (non-hydrogen) atoms. The zero-order chi connectivity index (χ0) is 12.7. The monoisotopic (exact) mass is 246 g/mol. The predicted octanol–water partition coefficient (Wildman–Crippen LogP) is 1.83. The summed E-state index contributed by atoms with van der Waals surface area (Å²) in [5.74, 6) is -1.91. The molecule has 4 bridgehead atoms. The number of halogens is 2. The summed E-state index contributed by atoms with van der Waals surface area (Å²) in [7, 11) is 0. The Morgan fingerprint density at radius 2 is 1.82 bits per heavy atom. The summed E-state index contributed by atoms with van der Waals surface area (Å²) in [5.41, 5.74) is -6.65. The van der Waals surface area contributed by atoms with Crippen molar-refractivity contribution >= 4 is 5.97 Å². The van der Waals surface area contributed by atoms with E-state index in [0.717, 1.165) is 0 Å². The van der Waals surface area contributed by atoms with Crippen molar-refractivity contribution in [2.75, 3.05) is 0 Å². The average Bonchev–Trinajstić information content (AvgIpc) is 2.08. The van der Waals surface area contributed by atoms with Crippen LogP contribution in [0.3, 0.4) is 0 Å². The molecule has 0 aromatic heterocycles. The third-order valence-corrected chi connectivity index (χ3v) is 5.19. The van der Waals surface area contributed by atoms with Gasteiger partial charge in [0, 0.05) is 25.2 Å². The maximum Gasteiger partial charge on any atom is 0.310 e. The van der Waals surface area contributed by atoms with E-state index >= 15 is 0 Å². The third-order valence-electron chi connectivity index (χ3n) is 5.19. The molecule has 5 unspecified atom stereocenters. The lowest BCUT2D eigenvalue weighted by Gasteiger charge is -2.65. The van der Waals surface area contributed by atoms with Crippen molar-refractivity contribution in [2.45, 2.75) is 56.0 Å². The Balaban J connectivity index is 2.16. The lowest BCUT2D eigenvalue weighted by molar-refractivity contribution is -0.268. The molecule has 0 radical (unpaired) electrons. The second-order valence-corrected chi connectivity index (χ2v) is 6.48. The van der Waals surface area contributed by atoms with Gasteiger partial charge in [-0.05, 0) is 12.8 Å². The van der Waals surface area contributed by atoms with Gasteiger partial charge in [-0.2, -0.15) is 0 Å². The summed E-state index contributed by atoms with van der Waals surface area (Å²) in [5, 5.41) is 19.6. The van der Waals surface area contributed by atoms with Crippen molar-refractivity contribution in [3.05, 3.63) is 0 Å². The van der Waals surface area contributed by atoms with Crippen molar-refractivity contribution in [1.29, 1.82) is 0 Å². The molecule has 4 saturated carbocycles. The second-order valence-electron chi connectivity index (χ2n) is 6.48. The Hall–Kier alpha value is -0.710. The fourth-order valence-corrected chi connectivity index (χ4v) is 4.76. The Kier molecular flexibility index (Phi) is 1.78. The predicted molar refractivity (Wildman–Crippen MR) is 54.9 cm³/mol. The summed E-state index contributed by atoms with van der Waals surface area (Å²) < 4.78 is 29.2. The van der Waals surface area contributed by atoms with Crippen LogP contribution in [0.5, 0.6) is 0 Å². The highest BCUT2D eigenvalue weighted by molar-refractivity contribution is 5.77. The third kappa shape index (κ3) is 1.21. The molecule has 96 valence electrons. The highest BCUT2D eigenvalue weighted by Crippen LogP contribution is 2.69. The molecule has 4 aliphatic rings. The molecule has 2 N–H and O–H groups in total. The number of carboxylic acid groups (broad SMARTS) is 1. The smallest absolute Gasteiger partial charge is 0.310 e. The molecule has 3 nitrogen and oxygen atoms in total. The quantitative estimate of drug-likeness (QED) is 0.742. The van der Waals surface area contributed by atoms with E-state index in [4.69, 9.17) is 0 Å². The van der Waals surface area contributed by atoms with E-state index in [1.165, 1.54) is 0 Å². The molecule has 0 saturated heterocycles. The first kappa shape index (κ1) is 11.4. The van der Waals surface area contributed by atoms with Gasteiger partial charge in [-0.1, -0.05) is 6.92 Å².